The van der Waals surface area contributed by atoms with E-state index < -0.39 is 0 Å². The van der Waals surface area contributed by atoms with Crippen LogP contribution in [0.2, 0.25) is 0 Å². The predicted molar refractivity (Wildman–Crippen MR) is 77.4 cm³/mol. The summed E-state index contributed by atoms with van der Waals surface area (Å²) in [6.07, 6.45) is 0.994. The number of nitrogen functional groups attached to an aromatic ring is 1. The number of anilines is 1. The molecule has 0 bridgehead atoms. The van der Waals surface area contributed by atoms with E-state index in [1.54, 1.807) is 11.3 Å². The van der Waals surface area contributed by atoms with Crippen LogP contribution in [-0.2, 0) is 13.0 Å². The Morgan fingerprint density at radius 2 is 2.16 bits per heavy atom. The number of hydrogen-bond donors (Lipinski definition) is 1. The first-order valence-corrected chi connectivity index (χ1v) is 7.27. The number of ether oxygens (including phenoxy) is 1. The summed E-state index contributed by atoms with van der Waals surface area (Å²) in [7, 11) is 0. The van der Waals surface area contributed by atoms with Gasteiger partial charge in [0.25, 0.3) is 0 Å². The molecule has 0 amide bonds. The number of nitrogens with two attached hydrogens (primary N) is 1. The van der Waals surface area contributed by atoms with Gasteiger partial charge in [-0.05, 0) is 12.1 Å². The molecule has 1 aromatic heterocycles. The standard InChI is InChI=1S/C14H17N3OS/c15-14-16-12-6-7-17(10-13(12)19-14)8-9-18-11-4-2-1-3-5-11/h1-5H,6-10H2,(H2,15,16). The first kappa shape index (κ1) is 12.4. The Balaban J connectivity index is 1.50. The number of para-hydroxylation sites is 1. The highest BCUT2D eigenvalue weighted by Crippen LogP contribution is 2.26. The molecule has 0 unspecified atom stereocenters. The highest BCUT2D eigenvalue weighted by Gasteiger charge is 2.19. The molecule has 1 aliphatic heterocycles. The summed E-state index contributed by atoms with van der Waals surface area (Å²) in [4.78, 5) is 8.05. The molecule has 0 radical (unpaired) electrons. The van der Waals surface area contributed by atoms with Crippen molar-refractivity contribution in [1.82, 2.24) is 9.88 Å². The lowest BCUT2D eigenvalue weighted by Crippen LogP contribution is -2.33. The smallest absolute Gasteiger partial charge is 0.180 e. The summed E-state index contributed by atoms with van der Waals surface area (Å²) >= 11 is 1.61. The van der Waals surface area contributed by atoms with E-state index in [0.29, 0.717) is 11.7 Å². The minimum absolute atomic E-state index is 0.687. The van der Waals surface area contributed by atoms with Gasteiger partial charge in [-0.2, -0.15) is 0 Å². The van der Waals surface area contributed by atoms with E-state index in [1.165, 1.54) is 10.6 Å². The van der Waals surface area contributed by atoms with E-state index in [9.17, 15) is 0 Å². The Bertz CT molecular complexity index is 541. The Morgan fingerprint density at radius 1 is 1.32 bits per heavy atom. The maximum absolute atomic E-state index is 5.74. The average Bonchev–Trinajstić information content (AvgIpc) is 2.79. The van der Waals surface area contributed by atoms with Gasteiger partial charge in [0.15, 0.2) is 5.13 Å². The molecule has 2 aromatic rings. The highest BCUT2D eigenvalue weighted by molar-refractivity contribution is 7.15. The minimum atomic E-state index is 0.687. The van der Waals surface area contributed by atoms with Gasteiger partial charge in [0, 0.05) is 30.9 Å². The largest absolute Gasteiger partial charge is 0.492 e. The lowest BCUT2D eigenvalue weighted by Gasteiger charge is -2.25. The molecule has 0 spiro atoms. The Kier molecular flexibility index (Phi) is 3.66. The average molecular weight is 275 g/mol. The van der Waals surface area contributed by atoms with E-state index in [-0.39, 0.29) is 0 Å². The monoisotopic (exact) mass is 275 g/mol. The lowest BCUT2D eigenvalue weighted by molar-refractivity contribution is 0.197. The molecular weight excluding hydrogens is 258 g/mol. The second-order valence-corrected chi connectivity index (χ2v) is 5.72. The minimum Gasteiger partial charge on any atom is -0.492 e. The van der Waals surface area contributed by atoms with E-state index in [0.717, 1.165) is 31.8 Å². The van der Waals surface area contributed by atoms with E-state index in [2.05, 4.69) is 9.88 Å². The molecule has 5 heteroatoms. The van der Waals surface area contributed by atoms with Crippen molar-refractivity contribution in [3.63, 3.8) is 0 Å². The maximum atomic E-state index is 5.74. The SMILES string of the molecule is Nc1nc2c(s1)CN(CCOc1ccccc1)CC2. The third-order valence-electron chi connectivity index (χ3n) is 3.25. The van der Waals surface area contributed by atoms with Crippen molar-refractivity contribution in [3.8, 4) is 5.75 Å². The van der Waals surface area contributed by atoms with Crippen LogP contribution in [0.15, 0.2) is 30.3 Å². The van der Waals surface area contributed by atoms with E-state index in [4.69, 9.17) is 10.5 Å². The van der Waals surface area contributed by atoms with Gasteiger partial charge in [-0.15, -0.1) is 11.3 Å². The Labute approximate surface area is 116 Å². The van der Waals surface area contributed by atoms with Crippen molar-refractivity contribution >= 4 is 16.5 Å². The lowest BCUT2D eigenvalue weighted by atomic mass is 10.2. The number of hydrogen-bond acceptors (Lipinski definition) is 5. The van der Waals surface area contributed by atoms with Crippen molar-refractivity contribution in [3.05, 3.63) is 40.9 Å². The van der Waals surface area contributed by atoms with Gasteiger partial charge in [0.05, 0.1) is 5.69 Å². The Hall–Kier alpha value is -1.59. The molecule has 4 nitrogen and oxygen atoms in total. The molecule has 0 saturated carbocycles. The van der Waals surface area contributed by atoms with Gasteiger partial charge in [0.2, 0.25) is 0 Å². The number of aromatic nitrogens is 1. The third kappa shape index (κ3) is 3.05. The van der Waals surface area contributed by atoms with Crippen LogP contribution in [0.4, 0.5) is 5.13 Å². The quantitative estimate of drug-likeness (QED) is 0.929. The molecule has 0 fully saturated rings. The summed E-state index contributed by atoms with van der Waals surface area (Å²) < 4.78 is 5.72. The van der Waals surface area contributed by atoms with Crippen LogP contribution in [0, 0.1) is 0 Å². The van der Waals surface area contributed by atoms with Crippen molar-refractivity contribution < 1.29 is 4.74 Å². The molecular formula is C14H17N3OS. The number of thiazole rings is 1. The van der Waals surface area contributed by atoms with Gasteiger partial charge in [-0.3, -0.25) is 4.90 Å². The second kappa shape index (κ2) is 5.59. The first-order valence-electron chi connectivity index (χ1n) is 6.45. The molecule has 0 atom stereocenters. The van der Waals surface area contributed by atoms with Crippen molar-refractivity contribution in [2.75, 3.05) is 25.4 Å². The molecule has 19 heavy (non-hydrogen) atoms. The molecule has 1 aliphatic rings. The number of nitrogens with zero attached hydrogens (tertiary/aromatic N) is 2. The fourth-order valence-corrected chi connectivity index (χ4v) is 3.19. The van der Waals surface area contributed by atoms with Crippen LogP contribution in [0.5, 0.6) is 5.75 Å². The second-order valence-electron chi connectivity index (χ2n) is 4.61. The van der Waals surface area contributed by atoms with Gasteiger partial charge in [-0.25, -0.2) is 4.98 Å². The maximum Gasteiger partial charge on any atom is 0.180 e. The summed E-state index contributed by atoms with van der Waals surface area (Å²) in [6.45, 7) is 3.64. The molecule has 2 N–H and O–H groups in total. The van der Waals surface area contributed by atoms with Crippen LogP contribution in [0.1, 0.15) is 10.6 Å². The van der Waals surface area contributed by atoms with Crippen LogP contribution in [0.25, 0.3) is 0 Å². The fraction of sp³-hybridized carbons (Fsp3) is 0.357. The summed E-state index contributed by atoms with van der Waals surface area (Å²) in [5, 5.41) is 0.687. The van der Waals surface area contributed by atoms with E-state index >= 15 is 0 Å². The fourth-order valence-electron chi connectivity index (χ4n) is 2.27. The van der Waals surface area contributed by atoms with Crippen LogP contribution >= 0.6 is 11.3 Å². The molecule has 100 valence electrons. The summed E-state index contributed by atoms with van der Waals surface area (Å²) in [5.74, 6) is 0.933. The molecule has 1 aromatic carbocycles. The van der Waals surface area contributed by atoms with E-state index in [1.807, 2.05) is 30.3 Å². The zero-order chi connectivity index (χ0) is 13.1. The number of benzene rings is 1. The van der Waals surface area contributed by atoms with Gasteiger partial charge in [-0.1, -0.05) is 18.2 Å². The van der Waals surface area contributed by atoms with Crippen molar-refractivity contribution in [1.29, 1.82) is 0 Å². The Morgan fingerprint density at radius 3 is 3.00 bits per heavy atom. The first-order chi connectivity index (χ1) is 9.31. The summed E-state index contributed by atoms with van der Waals surface area (Å²) in [6, 6.07) is 9.94. The zero-order valence-electron chi connectivity index (χ0n) is 10.7. The summed E-state index contributed by atoms with van der Waals surface area (Å²) in [5.41, 5.74) is 6.93. The topological polar surface area (TPSA) is 51.4 Å². The molecule has 0 aliphatic carbocycles. The number of fused-ring (bicyclic) bond motifs is 1. The van der Waals surface area contributed by atoms with Gasteiger partial charge in [0.1, 0.15) is 12.4 Å². The van der Waals surface area contributed by atoms with Crippen molar-refractivity contribution in [2.45, 2.75) is 13.0 Å². The van der Waals surface area contributed by atoms with Crippen molar-refractivity contribution in [2.24, 2.45) is 0 Å². The van der Waals surface area contributed by atoms with Gasteiger partial charge < -0.3 is 10.5 Å². The third-order valence-corrected chi connectivity index (χ3v) is 4.16. The molecule has 2 heterocycles. The number of rotatable bonds is 4. The molecule has 3 rings (SSSR count). The van der Waals surface area contributed by atoms with Crippen LogP contribution in [-0.4, -0.2) is 29.6 Å². The highest BCUT2D eigenvalue weighted by atomic mass is 32.1. The molecule has 0 saturated heterocycles. The van der Waals surface area contributed by atoms with Crippen LogP contribution in [0.3, 0.4) is 0 Å². The van der Waals surface area contributed by atoms with Gasteiger partial charge >= 0.3 is 0 Å². The predicted octanol–water partition coefficient (Wildman–Crippen LogP) is 2.16. The normalized spacial score (nSPS) is 15.2. The zero-order valence-corrected chi connectivity index (χ0v) is 11.5. The van der Waals surface area contributed by atoms with Crippen LogP contribution < -0.4 is 10.5 Å².